The number of pyridine rings is 1. The Morgan fingerprint density at radius 3 is 2.78 bits per heavy atom. The molecule has 3 atom stereocenters. The summed E-state index contributed by atoms with van der Waals surface area (Å²) in [5.41, 5.74) is 7.23. The number of terminal acetylenes is 1. The molecule has 11 heteroatoms. The maximum Gasteiger partial charge on any atom is 0.319 e. The number of nitrogens with two attached hydrogens (primary N) is 1. The van der Waals surface area contributed by atoms with E-state index in [0.717, 1.165) is 37.8 Å². The number of nitrogen functional groups attached to an aromatic ring is 1. The number of fused-ring (bicyclic) bond motifs is 5. The highest BCUT2D eigenvalue weighted by atomic mass is 19.1. The fourth-order valence-corrected chi connectivity index (χ4v) is 7.93. The second-order valence-corrected chi connectivity index (χ2v) is 12.8. The molecule has 6 heterocycles. The van der Waals surface area contributed by atoms with Crippen molar-refractivity contribution in [2.24, 2.45) is 0 Å². The number of aromatic nitrogens is 3. The van der Waals surface area contributed by atoms with E-state index < -0.39 is 11.6 Å². The lowest BCUT2D eigenvalue weighted by atomic mass is 9.94. The van der Waals surface area contributed by atoms with Gasteiger partial charge in [0.2, 0.25) is 0 Å². The van der Waals surface area contributed by atoms with E-state index in [-0.39, 0.29) is 40.5 Å². The maximum absolute atomic E-state index is 16.8. The summed E-state index contributed by atoms with van der Waals surface area (Å²) in [6, 6.07) is 6.72. The van der Waals surface area contributed by atoms with E-state index in [1.807, 2.05) is 0 Å². The number of piperazine rings is 1. The van der Waals surface area contributed by atoms with Crippen molar-refractivity contribution in [3.63, 3.8) is 0 Å². The molecule has 2 bridgehead atoms. The van der Waals surface area contributed by atoms with Gasteiger partial charge in [0.05, 0.1) is 22.8 Å². The fourth-order valence-electron chi connectivity index (χ4n) is 7.93. The van der Waals surface area contributed by atoms with E-state index in [9.17, 15) is 8.78 Å². The van der Waals surface area contributed by atoms with E-state index in [1.54, 1.807) is 24.4 Å². The highest BCUT2D eigenvalue weighted by Gasteiger charge is 2.47. The Morgan fingerprint density at radius 1 is 1.18 bits per heavy atom. The Balaban J connectivity index is 1.27. The van der Waals surface area contributed by atoms with Gasteiger partial charge in [0.1, 0.15) is 29.5 Å². The smallest absolute Gasteiger partial charge is 0.319 e. The van der Waals surface area contributed by atoms with Gasteiger partial charge in [-0.15, -0.1) is 6.42 Å². The number of anilines is 2. The molecule has 0 aliphatic carbocycles. The summed E-state index contributed by atoms with van der Waals surface area (Å²) in [7, 11) is 0. The van der Waals surface area contributed by atoms with Crippen LogP contribution in [0.15, 0.2) is 42.4 Å². The second kappa shape index (κ2) is 10.6. The van der Waals surface area contributed by atoms with Crippen molar-refractivity contribution in [2.75, 3.05) is 43.4 Å². The number of ether oxygens (including phenoxy) is 1. The van der Waals surface area contributed by atoms with Gasteiger partial charge in [0, 0.05) is 54.6 Å². The van der Waals surface area contributed by atoms with Crippen molar-refractivity contribution in [3.05, 3.63) is 59.6 Å². The molecular formula is C34H32F3N7O. The van der Waals surface area contributed by atoms with Gasteiger partial charge in [-0.2, -0.15) is 9.97 Å². The zero-order valence-electron chi connectivity index (χ0n) is 24.6. The fraction of sp³-hybridized carbons (Fsp3) is 0.382. The predicted octanol–water partition coefficient (Wildman–Crippen LogP) is 5.10. The standard InChI is InChI=1S/C34H32F3N7O/c1-2-24-27(36)7-4-20-10-21(38)11-25(28(20)24)30-29(37)31-26(14-39-30)32(43-16-22-5-6-23(17-43)40-22)42-33(41-31)45-18-34-8-3-9-44(34)15-19(12-34)13-35/h1,4,7,10-11,13-14,22-23,40H,3,5-6,8-9,12,15-18,38H2/b19-13-/t22-,23+,34-/m0/s1. The Bertz CT molecular complexity index is 1930. The molecule has 8 rings (SSSR count). The lowest BCUT2D eigenvalue weighted by Crippen LogP contribution is -2.51. The summed E-state index contributed by atoms with van der Waals surface area (Å²) in [6.45, 7) is 3.11. The first-order chi connectivity index (χ1) is 21.9. The van der Waals surface area contributed by atoms with Crippen LogP contribution in [-0.4, -0.2) is 70.3 Å². The molecule has 8 nitrogen and oxygen atoms in total. The number of hydrogen-bond acceptors (Lipinski definition) is 8. The zero-order valence-corrected chi connectivity index (χ0v) is 24.6. The summed E-state index contributed by atoms with van der Waals surface area (Å²) in [5, 5.41) is 4.99. The summed E-state index contributed by atoms with van der Waals surface area (Å²) < 4.78 is 51.5. The maximum atomic E-state index is 16.8. The molecule has 4 aliphatic rings. The van der Waals surface area contributed by atoms with Crippen molar-refractivity contribution < 1.29 is 17.9 Å². The molecule has 0 saturated carbocycles. The van der Waals surface area contributed by atoms with Gasteiger partial charge in [-0.1, -0.05) is 12.0 Å². The summed E-state index contributed by atoms with van der Waals surface area (Å²) >= 11 is 0. The number of nitrogens with one attached hydrogen (secondary N) is 1. The number of benzene rings is 2. The molecule has 4 aromatic rings. The summed E-state index contributed by atoms with van der Waals surface area (Å²) in [5.74, 6) is 1.66. The number of hydrogen-bond donors (Lipinski definition) is 2. The Morgan fingerprint density at radius 2 is 2.00 bits per heavy atom. The van der Waals surface area contributed by atoms with Crippen LogP contribution in [-0.2, 0) is 0 Å². The molecule has 0 unspecified atom stereocenters. The van der Waals surface area contributed by atoms with Crippen LogP contribution in [0.3, 0.4) is 0 Å². The summed E-state index contributed by atoms with van der Waals surface area (Å²) in [4.78, 5) is 18.4. The molecule has 0 spiro atoms. The minimum absolute atomic E-state index is 0.00567. The van der Waals surface area contributed by atoms with Crippen LogP contribution >= 0.6 is 0 Å². The topological polar surface area (TPSA) is 92.4 Å². The van der Waals surface area contributed by atoms with E-state index >= 15 is 4.39 Å². The monoisotopic (exact) mass is 611 g/mol. The third-order valence-corrected chi connectivity index (χ3v) is 9.96. The van der Waals surface area contributed by atoms with Crippen LogP contribution in [0.25, 0.3) is 32.9 Å². The highest BCUT2D eigenvalue weighted by molar-refractivity contribution is 6.03. The predicted molar refractivity (Wildman–Crippen MR) is 168 cm³/mol. The van der Waals surface area contributed by atoms with Crippen molar-refractivity contribution in [2.45, 2.75) is 49.7 Å². The molecule has 3 N–H and O–H groups in total. The molecule has 2 aromatic carbocycles. The average Bonchev–Trinajstić information content (AvgIpc) is 3.71. The van der Waals surface area contributed by atoms with Crippen LogP contribution in [0.2, 0.25) is 0 Å². The third-order valence-electron chi connectivity index (χ3n) is 9.96. The van der Waals surface area contributed by atoms with Gasteiger partial charge in [-0.25, -0.2) is 13.2 Å². The number of nitrogens with zero attached hydrogens (tertiary/aromatic N) is 5. The molecular weight excluding hydrogens is 579 g/mol. The molecule has 4 fully saturated rings. The minimum Gasteiger partial charge on any atom is -0.461 e. The summed E-state index contributed by atoms with van der Waals surface area (Å²) in [6.07, 6.45) is 12.5. The van der Waals surface area contributed by atoms with Crippen LogP contribution in [0.5, 0.6) is 6.01 Å². The van der Waals surface area contributed by atoms with Crippen molar-refractivity contribution in [3.8, 4) is 29.6 Å². The molecule has 230 valence electrons. The zero-order chi connectivity index (χ0) is 30.9. The van der Waals surface area contributed by atoms with E-state index in [0.29, 0.717) is 72.1 Å². The van der Waals surface area contributed by atoms with Gasteiger partial charge in [-0.05, 0) is 67.8 Å². The van der Waals surface area contributed by atoms with Gasteiger partial charge < -0.3 is 20.7 Å². The minimum atomic E-state index is -0.706. The van der Waals surface area contributed by atoms with Crippen molar-refractivity contribution in [1.29, 1.82) is 0 Å². The lowest BCUT2D eigenvalue weighted by molar-refractivity contribution is 0.108. The molecule has 4 aliphatic heterocycles. The van der Waals surface area contributed by atoms with E-state index in [1.165, 1.54) is 6.07 Å². The van der Waals surface area contributed by atoms with Crippen molar-refractivity contribution in [1.82, 2.24) is 25.2 Å². The molecule has 45 heavy (non-hydrogen) atoms. The molecule has 0 amide bonds. The number of rotatable bonds is 5. The van der Waals surface area contributed by atoms with Gasteiger partial charge in [0.25, 0.3) is 0 Å². The molecule has 4 saturated heterocycles. The highest BCUT2D eigenvalue weighted by Crippen LogP contribution is 2.42. The Hall–Kier alpha value is -4.40. The van der Waals surface area contributed by atoms with E-state index in [2.05, 4.69) is 31.0 Å². The van der Waals surface area contributed by atoms with Gasteiger partial charge in [0.15, 0.2) is 5.82 Å². The largest absolute Gasteiger partial charge is 0.461 e. The normalized spacial score (nSPS) is 25.4. The van der Waals surface area contributed by atoms with Crippen LogP contribution in [0.4, 0.5) is 24.7 Å². The second-order valence-electron chi connectivity index (χ2n) is 12.8. The van der Waals surface area contributed by atoms with Crippen LogP contribution in [0, 0.1) is 24.0 Å². The van der Waals surface area contributed by atoms with Crippen molar-refractivity contribution >= 4 is 33.2 Å². The molecule has 0 radical (unpaired) electrons. The lowest BCUT2D eigenvalue weighted by Gasteiger charge is -2.34. The first-order valence-electron chi connectivity index (χ1n) is 15.4. The van der Waals surface area contributed by atoms with Crippen LogP contribution < -0.4 is 20.7 Å². The average molecular weight is 612 g/mol. The third kappa shape index (κ3) is 4.58. The Labute approximate surface area is 258 Å². The van der Waals surface area contributed by atoms with E-state index in [4.69, 9.17) is 21.9 Å². The van der Waals surface area contributed by atoms with Crippen LogP contribution in [0.1, 0.15) is 37.7 Å². The van der Waals surface area contributed by atoms with Gasteiger partial charge in [-0.3, -0.25) is 9.88 Å². The number of halogens is 3. The quantitative estimate of drug-likeness (QED) is 0.238. The molecule has 2 aromatic heterocycles. The Kier molecular flexibility index (Phi) is 6.62. The van der Waals surface area contributed by atoms with Gasteiger partial charge >= 0.3 is 6.01 Å². The first-order valence-corrected chi connectivity index (χ1v) is 15.4. The SMILES string of the molecule is C#Cc1c(F)ccc2cc(N)cc(-c3ncc4c(N5C[C@H]6CC[C@@H](C5)N6)nc(OC[C@@]56CCCN5C/C(=C\F)C6)nc4c3F)c12. The first kappa shape index (κ1) is 28.1.